The van der Waals surface area contributed by atoms with E-state index in [1.807, 2.05) is 31.2 Å². The number of likely N-dealkylation sites (tertiary alicyclic amines) is 1. The summed E-state index contributed by atoms with van der Waals surface area (Å²) in [5.41, 5.74) is 2.45. The van der Waals surface area contributed by atoms with Gasteiger partial charge < -0.3 is 19.5 Å². The Balaban J connectivity index is 1.65. The molecule has 3 aromatic carbocycles. The van der Waals surface area contributed by atoms with E-state index in [1.54, 1.807) is 30.3 Å². The zero-order valence-corrected chi connectivity index (χ0v) is 19.5. The van der Waals surface area contributed by atoms with E-state index < -0.39 is 23.5 Å². The molecule has 0 radical (unpaired) electrons. The van der Waals surface area contributed by atoms with Crippen LogP contribution >= 0.6 is 0 Å². The van der Waals surface area contributed by atoms with Gasteiger partial charge in [0.25, 0.3) is 11.7 Å². The fourth-order valence-corrected chi connectivity index (χ4v) is 4.15. The van der Waals surface area contributed by atoms with Gasteiger partial charge in [-0.1, -0.05) is 48.0 Å². The number of nitrogens with zero attached hydrogens (tertiary/aromatic N) is 1. The summed E-state index contributed by atoms with van der Waals surface area (Å²) in [6, 6.07) is 19.3. The maximum Gasteiger partial charge on any atom is 0.295 e. The number of carbonyl (C=O) groups is 2. The summed E-state index contributed by atoms with van der Waals surface area (Å²) in [5, 5.41) is 11.1. The van der Waals surface area contributed by atoms with E-state index in [9.17, 15) is 19.1 Å². The monoisotopic (exact) mass is 475 g/mol. The minimum atomic E-state index is -1.07. The predicted molar refractivity (Wildman–Crippen MR) is 129 cm³/mol. The third-order valence-electron chi connectivity index (χ3n) is 5.89. The number of carbonyl (C=O) groups excluding carboxylic acids is 2. The summed E-state index contributed by atoms with van der Waals surface area (Å²) >= 11 is 0. The lowest BCUT2D eigenvalue weighted by Crippen LogP contribution is -2.33. The molecule has 4 rings (SSSR count). The third kappa shape index (κ3) is 5.10. The minimum absolute atomic E-state index is 0.0720. The van der Waals surface area contributed by atoms with Gasteiger partial charge in [-0.05, 0) is 42.8 Å². The Morgan fingerprint density at radius 2 is 1.77 bits per heavy atom. The normalized spacial score (nSPS) is 17.1. The van der Waals surface area contributed by atoms with Gasteiger partial charge >= 0.3 is 0 Å². The zero-order valence-electron chi connectivity index (χ0n) is 19.5. The second-order valence-corrected chi connectivity index (χ2v) is 8.31. The molecule has 6 nitrogen and oxygen atoms in total. The molecule has 0 spiro atoms. The number of benzene rings is 3. The van der Waals surface area contributed by atoms with Crippen molar-refractivity contribution in [1.29, 1.82) is 0 Å². The van der Waals surface area contributed by atoms with Gasteiger partial charge in [-0.2, -0.15) is 0 Å². The Morgan fingerprint density at radius 1 is 1.03 bits per heavy atom. The molecule has 1 fully saturated rings. The van der Waals surface area contributed by atoms with Gasteiger partial charge in [0.05, 0.1) is 18.2 Å². The van der Waals surface area contributed by atoms with Crippen molar-refractivity contribution in [2.75, 3.05) is 20.3 Å². The van der Waals surface area contributed by atoms with E-state index in [4.69, 9.17) is 9.47 Å². The molecule has 1 aliphatic heterocycles. The van der Waals surface area contributed by atoms with Crippen molar-refractivity contribution < 1.29 is 28.6 Å². The lowest BCUT2D eigenvalue weighted by molar-refractivity contribution is -0.140. The van der Waals surface area contributed by atoms with E-state index in [0.717, 1.165) is 11.1 Å². The smallest absolute Gasteiger partial charge is 0.295 e. The average molecular weight is 476 g/mol. The van der Waals surface area contributed by atoms with Crippen LogP contribution in [0.15, 0.2) is 78.4 Å². The second kappa shape index (κ2) is 10.5. The van der Waals surface area contributed by atoms with Crippen molar-refractivity contribution in [3.05, 3.63) is 106 Å². The second-order valence-electron chi connectivity index (χ2n) is 8.31. The van der Waals surface area contributed by atoms with E-state index in [2.05, 4.69) is 0 Å². The van der Waals surface area contributed by atoms with Gasteiger partial charge in [0.1, 0.15) is 23.9 Å². The molecule has 7 heteroatoms. The quantitative estimate of drug-likeness (QED) is 0.288. The number of aliphatic hydroxyl groups excluding tert-OH is 1. The van der Waals surface area contributed by atoms with Crippen LogP contribution in [0, 0.1) is 12.7 Å². The Morgan fingerprint density at radius 3 is 2.46 bits per heavy atom. The van der Waals surface area contributed by atoms with Gasteiger partial charge in [0, 0.05) is 24.8 Å². The Bertz CT molecular complexity index is 1270. The summed E-state index contributed by atoms with van der Waals surface area (Å²) in [4.78, 5) is 27.0. The molecule has 1 amide bonds. The highest BCUT2D eigenvalue weighted by Crippen LogP contribution is 2.40. The highest BCUT2D eigenvalue weighted by molar-refractivity contribution is 6.46. The largest absolute Gasteiger partial charge is 0.507 e. The van der Waals surface area contributed by atoms with Crippen molar-refractivity contribution in [3.63, 3.8) is 0 Å². The number of Topliss-reactive ketones (excluding diaryl/α,β-unsaturated/α-hetero) is 1. The van der Waals surface area contributed by atoms with Gasteiger partial charge in [-0.15, -0.1) is 0 Å². The van der Waals surface area contributed by atoms with E-state index in [0.29, 0.717) is 17.9 Å². The number of aliphatic hydroxyl groups is 1. The number of amides is 1. The summed E-state index contributed by atoms with van der Waals surface area (Å²) in [5.74, 6) is -2.05. The fourth-order valence-electron chi connectivity index (χ4n) is 4.15. The van der Waals surface area contributed by atoms with Crippen LogP contribution in [0.2, 0.25) is 0 Å². The third-order valence-corrected chi connectivity index (χ3v) is 5.89. The van der Waals surface area contributed by atoms with Crippen molar-refractivity contribution in [3.8, 4) is 5.75 Å². The van der Waals surface area contributed by atoms with Crippen molar-refractivity contribution in [1.82, 2.24) is 4.90 Å². The Labute approximate surface area is 203 Å². The molecule has 1 N–H and O–H groups in total. The molecular weight excluding hydrogens is 449 g/mol. The number of halogens is 1. The molecule has 0 aromatic heterocycles. The molecule has 1 atom stereocenters. The molecule has 3 aromatic rings. The Kier molecular flexibility index (Phi) is 7.27. The molecule has 1 saturated heterocycles. The highest BCUT2D eigenvalue weighted by atomic mass is 19.1. The van der Waals surface area contributed by atoms with E-state index >= 15 is 0 Å². The number of hydrogen-bond donors (Lipinski definition) is 1. The van der Waals surface area contributed by atoms with Gasteiger partial charge in [0.2, 0.25) is 0 Å². The number of methoxy groups -OCH3 is 1. The standard InChI is InChI=1S/C28H26FNO5/c1-18-6-5-7-19(16-18)17-35-21-12-10-20(11-13-21)26(31)24-25(22-8-3-4-9-23(22)29)30(14-15-34-2)28(33)27(24)32/h3-13,16,25,31H,14-15,17H2,1-2H3/b26-24+/t25-/m0/s1. The molecule has 0 unspecified atom stereocenters. The lowest BCUT2D eigenvalue weighted by atomic mass is 9.95. The number of aryl methyl sites for hydroxylation is 1. The summed E-state index contributed by atoms with van der Waals surface area (Å²) < 4.78 is 25.6. The molecule has 180 valence electrons. The number of ether oxygens (including phenoxy) is 2. The predicted octanol–water partition coefficient (Wildman–Crippen LogP) is 4.78. The van der Waals surface area contributed by atoms with Crippen LogP contribution in [-0.4, -0.2) is 42.0 Å². The average Bonchev–Trinajstić information content (AvgIpc) is 3.11. The number of hydrogen-bond acceptors (Lipinski definition) is 5. The molecule has 0 saturated carbocycles. The fraction of sp³-hybridized carbons (Fsp3) is 0.214. The molecule has 35 heavy (non-hydrogen) atoms. The van der Waals surface area contributed by atoms with Crippen molar-refractivity contribution in [2.24, 2.45) is 0 Å². The van der Waals surface area contributed by atoms with Crippen LogP contribution in [0.25, 0.3) is 5.76 Å². The van der Waals surface area contributed by atoms with Gasteiger partial charge in [0.15, 0.2) is 0 Å². The minimum Gasteiger partial charge on any atom is -0.507 e. The topological polar surface area (TPSA) is 76.1 Å². The molecule has 0 aliphatic carbocycles. The number of ketones is 1. The maximum atomic E-state index is 14.7. The van der Waals surface area contributed by atoms with Crippen LogP contribution in [0.1, 0.15) is 28.3 Å². The van der Waals surface area contributed by atoms with Crippen LogP contribution in [-0.2, 0) is 20.9 Å². The van der Waals surface area contributed by atoms with Crippen LogP contribution in [0.3, 0.4) is 0 Å². The first-order valence-electron chi connectivity index (χ1n) is 11.2. The molecule has 0 bridgehead atoms. The van der Waals surface area contributed by atoms with E-state index in [-0.39, 0.29) is 30.0 Å². The molecule has 1 aliphatic rings. The first-order valence-corrected chi connectivity index (χ1v) is 11.2. The van der Waals surface area contributed by atoms with Crippen LogP contribution in [0.5, 0.6) is 5.75 Å². The zero-order chi connectivity index (χ0) is 24.9. The molecular formula is C28H26FNO5. The summed E-state index contributed by atoms with van der Waals surface area (Å²) in [6.07, 6.45) is 0. The van der Waals surface area contributed by atoms with Gasteiger partial charge in [-0.25, -0.2) is 4.39 Å². The first-order chi connectivity index (χ1) is 16.9. The van der Waals surface area contributed by atoms with Crippen LogP contribution < -0.4 is 4.74 Å². The SMILES string of the molecule is COCCN1C(=O)C(=O)/C(=C(/O)c2ccc(OCc3cccc(C)c3)cc2)[C@@H]1c1ccccc1F. The summed E-state index contributed by atoms with van der Waals surface area (Å²) in [7, 11) is 1.47. The highest BCUT2D eigenvalue weighted by Gasteiger charge is 2.46. The van der Waals surface area contributed by atoms with Crippen molar-refractivity contribution in [2.45, 2.75) is 19.6 Å². The van der Waals surface area contributed by atoms with Gasteiger partial charge in [-0.3, -0.25) is 9.59 Å². The van der Waals surface area contributed by atoms with Crippen LogP contribution in [0.4, 0.5) is 4.39 Å². The molecule has 1 heterocycles. The lowest BCUT2D eigenvalue weighted by Gasteiger charge is -2.25. The Hall–Kier alpha value is -3.97. The number of rotatable bonds is 8. The maximum absolute atomic E-state index is 14.7. The first kappa shape index (κ1) is 24.2. The van der Waals surface area contributed by atoms with E-state index in [1.165, 1.54) is 30.2 Å². The summed E-state index contributed by atoms with van der Waals surface area (Å²) in [6.45, 7) is 2.62. The van der Waals surface area contributed by atoms with Crippen molar-refractivity contribution >= 4 is 17.4 Å².